The lowest BCUT2D eigenvalue weighted by Crippen LogP contribution is -2.21. The average molecular weight is 365 g/mol. The molecule has 0 saturated heterocycles. The minimum Gasteiger partial charge on any atom is -0.312 e. The quantitative estimate of drug-likeness (QED) is 0.584. The standard InChI is InChI=1S/C18H13BrN4/c1-21-18-10-22-16-9-13(19)7-6-12(16)8-17(22)14-4-2-3-5-15(14)23(18)11-20-21/h2-11H,1H3. The highest BCUT2D eigenvalue weighted by atomic mass is 79.9. The Morgan fingerprint density at radius 2 is 1.91 bits per heavy atom. The van der Waals surface area contributed by atoms with E-state index in [0.29, 0.717) is 0 Å². The fraction of sp³-hybridized carbons (Fsp3) is 0.0556. The van der Waals surface area contributed by atoms with E-state index in [0.717, 1.165) is 16.0 Å². The molecule has 3 heterocycles. The summed E-state index contributed by atoms with van der Waals surface area (Å²) < 4.78 is 3.33. The van der Waals surface area contributed by atoms with E-state index >= 15 is 0 Å². The number of halogens is 1. The maximum Gasteiger partial charge on any atom is 0.151 e. The van der Waals surface area contributed by atoms with Crippen molar-refractivity contribution in [3.05, 3.63) is 58.8 Å². The number of fused-ring (bicyclic) bond motifs is 7. The predicted octanol–water partition coefficient (Wildman–Crippen LogP) is 4.54. The molecular weight excluding hydrogens is 352 g/mol. The van der Waals surface area contributed by atoms with Gasteiger partial charge in [0.25, 0.3) is 0 Å². The fourth-order valence-electron chi connectivity index (χ4n) is 3.29. The van der Waals surface area contributed by atoms with Crippen LogP contribution in [0.4, 0.5) is 5.69 Å². The fourth-order valence-corrected chi connectivity index (χ4v) is 3.64. The van der Waals surface area contributed by atoms with Crippen LogP contribution in [0.2, 0.25) is 0 Å². The zero-order valence-corrected chi connectivity index (χ0v) is 14.0. The van der Waals surface area contributed by atoms with E-state index in [2.05, 4.69) is 85.2 Å². The molecule has 2 aliphatic rings. The molecule has 2 aromatic carbocycles. The van der Waals surface area contributed by atoms with E-state index in [1.54, 1.807) is 0 Å². The molecule has 4 nitrogen and oxygen atoms in total. The van der Waals surface area contributed by atoms with Gasteiger partial charge in [0.15, 0.2) is 5.82 Å². The maximum absolute atomic E-state index is 4.42. The lowest BCUT2D eigenvalue weighted by atomic mass is 10.1. The summed E-state index contributed by atoms with van der Waals surface area (Å²) in [4.78, 5) is 2.13. The SMILES string of the molecule is CN1N=CN2C1=Cn1c(cc3ccc(Br)cc31)-c1ccccc12. The number of para-hydroxylation sites is 1. The van der Waals surface area contributed by atoms with Gasteiger partial charge in [0, 0.05) is 22.5 Å². The molecule has 0 bridgehead atoms. The summed E-state index contributed by atoms with van der Waals surface area (Å²) >= 11 is 3.58. The molecule has 0 unspecified atom stereocenters. The van der Waals surface area contributed by atoms with Gasteiger partial charge in [-0.2, -0.15) is 5.10 Å². The van der Waals surface area contributed by atoms with E-state index in [1.807, 2.05) is 18.4 Å². The van der Waals surface area contributed by atoms with Crippen molar-refractivity contribution in [1.29, 1.82) is 0 Å². The van der Waals surface area contributed by atoms with Crippen LogP contribution in [-0.2, 0) is 0 Å². The molecule has 23 heavy (non-hydrogen) atoms. The summed E-state index contributed by atoms with van der Waals surface area (Å²) in [7, 11) is 1.97. The van der Waals surface area contributed by atoms with E-state index in [1.165, 1.54) is 22.2 Å². The average Bonchev–Trinajstić information content (AvgIpc) is 3.05. The molecule has 5 rings (SSSR count). The number of benzene rings is 2. The Kier molecular flexibility index (Phi) is 2.53. The van der Waals surface area contributed by atoms with Gasteiger partial charge in [0.1, 0.15) is 6.34 Å². The number of hydrazone groups is 1. The Morgan fingerprint density at radius 1 is 1.04 bits per heavy atom. The normalized spacial score (nSPS) is 15.3. The van der Waals surface area contributed by atoms with Gasteiger partial charge in [0.2, 0.25) is 0 Å². The Balaban J connectivity index is 1.92. The Hall–Kier alpha value is -2.53. The molecule has 3 aromatic rings. The molecule has 2 aliphatic heterocycles. The van der Waals surface area contributed by atoms with Gasteiger partial charge >= 0.3 is 0 Å². The molecular formula is C18H13BrN4. The highest BCUT2D eigenvalue weighted by Crippen LogP contribution is 2.40. The number of aromatic nitrogens is 1. The highest BCUT2D eigenvalue weighted by Gasteiger charge is 2.27. The van der Waals surface area contributed by atoms with Gasteiger partial charge in [-0.1, -0.05) is 40.2 Å². The smallest absolute Gasteiger partial charge is 0.151 e. The maximum atomic E-state index is 4.42. The molecule has 0 N–H and O–H groups in total. The van der Waals surface area contributed by atoms with E-state index < -0.39 is 0 Å². The van der Waals surface area contributed by atoms with Crippen molar-refractivity contribution in [2.45, 2.75) is 0 Å². The van der Waals surface area contributed by atoms with Gasteiger partial charge in [-0.05, 0) is 24.3 Å². The van der Waals surface area contributed by atoms with Crippen LogP contribution in [-0.4, -0.2) is 23.0 Å². The van der Waals surface area contributed by atoms with Gasteiger partial charge in [-0.15, -0.1) is 0 Å². The number of hydrogen-bond acceptors (Lipinski definition) is 3. The Labute approximate surface area is 142 Å². The molecule has 0 aliphatic carbocycles. The largest absolute Gasteiger partial charge is 0.312 e. The van der Waals surface area contributed by atoms with Crippen molar-refractivity contribution in [3.8, 4) is 11.3 Å². The summed E-state index contributed by atoms with van der Waals surface area (Å²) in [6, 6.07) is 17.1. The van der Waals surface area contributed by atoms with Crippen molar-refractivity contribution in [3.63, 3.8) is 0 Å². The van der Waals surface area contributed by atoms with Crippen molar-refractivity contribution < 1.29 is 0 Å². The molecule has 0 atom stereocenters. The van der Waals surface area contributed by atoms with Gasteiger partial charge in [0.05, 0.1) is 23.1 Å². The van der Waals surface area contributed by atoms with Crippen molar-refractivity contribution in [2.75, 3.05) is 11.9 Å². The Bertz CT molecular complexity index is 1020. The van der Waals surface area contributed by atoms with Gasteiger partial charge in [-0.25, -0.2) is 5.01 Å². The van der Waals surface area contributed by atoms with Crippen LogP contribution in [0.15, 0.2) is 63.9 Å². The number of hydrogen-bond donors (Lipinski definition) is 0. The predicted molar refractivity (Wildman–Crippen MR) is 98.1 cm³/mol. The first-order valence-electron chi connectivity index (χ1n) is 7.41. The highest BCUT2D eigenvalue weighted by molar-refractivity contribution is 9.10. The van der Waals surface area contributed by atoms with E-state index in [9.17, 15) is 0 Å². The first kappa shape index (κ1) is 13.0. The van der Waals surface area contributed by atoms with Crippen LogP contribution in [0.5, 0.6) is 0 Å². The van der Waals surface area contributed by atoms with Crippen LogP contribution < -0.4 is 4.90 Å². The molecule has 0 spiro atoms. The van der Waals surface area contributed by atoms with Gasteiger partial charge in [-0.3, -0.25) is 4.90 Å². The van der Waals surface area contributed by atoms with Crippen LogP contribution in [0.1, 0.15) is 0 Å². The summed E-state index contributed by atoms with van der Waals surface area (Å²) in [5, 5.41) is 7.54. The van der Waals surface area contributed by atoms with Crippen LogP contribution in [0, 0.1) is 0 Å². The summed E-state index contributed by atoms with van der Waals surface area (Å²) in [5.74, 6) is 1.04. The first-order chi connectivity index (χ1) is 11.2. The van der Waals surface area contributed by atoms with Crippen molar-refractivity contribution >= 4 is 45.1 Å². The number of rotatable bonds is 0. The molecule has 0 fully saturated rings. The van der Waals surface area contributed by atoms with Crippen LogP contribution in [0.25, 0.3) is 28.4 Å². The second kappa shape index (κ2) is 4.49. The minimum atomic E-state index is 1.04. The zero-order valence-electron chi connectivity index (χ0n) is 12.4. The van der Waals surface area contributed by atoms with E-state index in [4.69, 9.17) is 0 Å². The third-order valence-electron chi connectivity index (χ3n) is 4.41. The third kappa shape index (κ3) is 1.74. The second-order valence-corrected chi connectivity index (χ2v) is 6.65. The summed E-state index contributed by atoms with van der Waals surface area (Å²) in [6.45, 7) is 0. The lowest BCUT2D eigenvalue weighted by molar-refractivity contribution is 0.468. The van der Waals surface area contributed by atoms with Crippen molar-refractivity contribution in [2.24, 2.45) is 5.10 Å². The van der Waals surface area contributed by atoms with Crippen LogP contribution in [0.3, 0.4) is 0 Å². The monoisotopic (exact) mass is 364 g/mol. The third-order valence-corrected chi connectivity index (χ3v) is 4.90. The molecule has 1 aromatic heterocycles. The second-order valence-electron chi connectivity index (χ2n) is 5.73. The first-order valence-corrected chi connectivity index (χ1v) is 8.20. The van der Waals surface area contributed by atoms with E-state index in [-0.39, 0.29) is 0 Å². The lowest BCUT2D eigenvalue weighted by Gasteiger charge is -2.19. The molecule has 112 valence electrons. The molecule has 0 saturated carbocycles. The summed E-state index contributed by atoms with van der Waals surface area (Å²) in [6.07, 6.45) is 4.02. The zero-order chi connectivity index (χ0) is 15.6. The van der Waals surface area contributed by atoms with Crippen molar-refractivity contribution in [1.82, 2.24) is 9.58 Å². The van der Waals surface area contributed by atoms with Gasteiger partial charge < -0.3 is 4.57 Å². The Morgan fingerprint density at radius 3 is 2.83 bits per heavy atom. The topological polar surface area (TPSA) is 23.8 Å². The number of nitrogens with zero attached hydrogens (tertiary/aromatic N) is 4. The minimum absolute atomic E-state index is 1.04. The number of anilines is 1. The van der Waals surface area contributed by atoms with Crippen LogP contribution >= 0.6 is 15.9 Å². The summed E-state index contributed by atoms with van der Waals surface area (Å²) in [5.41, 5.74) is 4.72. The molecule has 0 amide bonds. The molecule has 5 heteroatoms. The molecule has 0 radical (unpaired) electrons.